The van der Waals surface area contributed by atoms with E-state index >= 15 is 0 Å². The van der Waals surface area contributed by atoms with Gasteiger partial charge in [-0.2, -0.15) is 0 Å². The van der Waals surface area contributed by atoms with Crippen LogP contribution in [0.25, 0.3) is 0 Å². The van der Waals surface area contributed by atoms with Gasteiger partial charge in [-0.3, -0.25) is 10.5 Å². The van der Waals surface area contributed by atoms with E-state index in [1.165, 1.54) is 4.90 Å². The van der Waals surface area contributed by atoms with Gasteiger partial charge in [0.2, 0.25) is 11.6 Å². The molecule has 2 aliphatic rings. The molecule has 0 radical (unpaired) electrons. The van der Waals surface area contributed by atoms with Gasteiger partial charge in [-0.1, -0.05) is 60.7 Å². The van der Waals surface area contributed by atoms with Gasteiger partial charge in [-0.05, 0) is 25.0 Å². The lowest BCUT2D eigenvalue weighted by Gasteiger charge is -2.45. The van der Waals surface area contributed by atoms with E-state index in [4.69, 9.17) is 10.5 Å². The fourth-order valence-electron chi connectivity index (χ4n) is 3.75. The Morgan fingerprint density at radius 2 is 1.63 bits per heavy atom. The summed E-state index contributed by atoms with van der Waals surface area (Å²) in [5.74, 6) is -0.679. The molecule has 1 amide bonds. The number of nitrogens with two attached hydrogens (primary N) is 1. The first kappa shape index (κ1) is 18.1. The molecule has 2 atom stereocenters. The van der Waals surface area contributed by atoms with Crippen LogP contribution in [0.2, 0.25) is 0 Å². The zero-order chi connectivity index (χ0) is 19.2. The maximum Gasteiger partial charge on any atom is 0.349 e. The zero-order valence-electron chi connectivity index (χ0n) is 15.3. The average molecular weight is 382 g/mol. The second-order valence-corrected chi connectivity index (χ2v) is 9.22. The molecule has 27 heavy (non-hydrogen) atoms. The van der Waals surface area contributed by atoms with Crippen LogP contribution in [0.3, 0.4) is 0 Å². The third kappa shape index (κ3) is 2.75. The summed E-state index contributed by atoms with van der Waals surface area (Å²) in [6, 6.07) is 19.1. The van der Waals surface area contributed by atoms with E-state index in [0.29, 0.717) is 6.42 Å². The van der Waals surface area contributed by atoms with Gasteiger partial charge in [-0.15, -0.1) is 11.8 Å². The van der Waals surface area contributed by atoms with Crippen LogP contribution in [0.5, 0.6) is 0 Å². The summed E-state index contributed by atoms with van der Waals surface area (Å²) in [4.78, 5) is 27.0. The zero-order valence-corrected chi connectivity index (χ0v) is 16.1. The molecule has 5 nitrogen and oxygen atoms in total. The Morgan fingerprint density at radius 3 is 2.11 bits per heavy atom. The van der Waals surface area contributed by atoms with E-state index < -0.39 is 22.5 Å². The van der Waals surface area contributed by atoms with Crippen molar-refractivity contribution >= 4 is 23.6 Å². The van der Waals surface area contributed by atoms with Gasteiger partial charge < -0.3 is 9.64 Å². The van der Waals surface area contributed by atoms with E-state index in [0.717, 1.165) is 11.1 Å². The Bertz CT molecular complexity index is 832. The van der Waals surface area contributed by atoms with Crippen molar-refractivity contribution in [2.45, 2.75) is 42.2 Å². The summed E-state index contributed by atoms with van der Waals surface area (Å²) in [5.41, 5.74) is 6.80. The summed E-state index contributed by atoms with van der Waals surface area (Å²) in [6.45, 7) is 3.79. The molecule has 0 bridgehead atoms. The van der Waals surface area contributed by atoms with Crippen molar-refractivity contribution in [3.63, 3.8) is 0 Å². The van der Waals surface area contributed by atoms with Crippen LogP contribution in [0.4, 0.5) is 0 Å². The molecule has 140 valence electrons. The van der Waals surface area contributed by atoms with Crippen LogP contribution < -0.4 is 5.73 Å². The average Bonchev–Trinajstić information content (AvgIpc) is 2.83. The standard InChI is InChI=1S/C21H22N2O3S/c1-20(2)21(22,23-16(24)13-17(23)27-20)19(25)26-18(14-9-5-3-6-10-14)15-11-7-4-8-12-15/h3-12,17-18H,13,22H2,1-2H3/t17-,21+/m1/s1. The molecule has 4 rings (SSSR count). The SMILES string of the molecule is CC1(C)S[C@@H]2CC(=O)N2[C@@]1(N)C(=O)OC(c1ccccc1)c1ccccc1. The first-order valence-electron chi connectivity index (χ1n) is 8.94. The molecule has 2 fully saturated rings. The molecule has 2 aromatic rings. The van der Waals surface area contributed by atoms with Gasteiger partial charge in [0, 0.05) is 0 Å². The molecule has 0 aromatic heterocycles. The molecule has 2 aromatic carbocycles. The number of rotatable bonds is 4. The lowest BCUT2D eigenvalue weighted by molar-refractivity contribution is -0.175. The van der Waals surface area contributed by atoms with Crippen molar-refractivity contribution < 1.29 is 14.3 Å². The number of benzene rings is 2. The van der Waals surface area contributed by atoms with E-state index in [1.807, 2.05) is 74.5 Å². The van der Waals surface area contributed by atoms with Crippen molar-refractivity contribution in [1.82, 2.24) is 4.90 Å². The minimum absolute atomic E-state index is 0.0584. The molecule has 0 saturated carbocycles. The van der Waals surface area contributed by atoms with Gasteiger partial charge in [0.1, 0.15) is 0 Å². The maximum absolute atomic E-state index is 13.3. The molecule has 0 unspecified atom stereocenters. The first-order chi connectivity index (χ1) is 12.8. The van der Waals surface area contributed by atoms with E-state index in [2.05, 4.69) is 0 Å². The number of ether oxygens (including phenoxy) is 1. The highest BCUT2D eigenvalue weighted by molar-refractivity contribution is 8.01. The van der Waals surface area contributed by atoms with Crippen molar-refractivity contribution in [2.24, 2.45) is 5.73 Å². The number of hydrogen-bond acceptors (Lipinski definition) is 5. The molecule has 2 aliphatic heterocycles. The maximum atomic E-state index is 13.3. The molecule has 0 aliphatic carbocycles. The van der Waals surface area contributed by atoms with Crippen LogP contribution in [0.15, 0.2) is 60.7 Å². The number of carbonyl (C=O) groups excluding carboxylic acids is 2. The molecular weight excluding hydrogens is 360 g/mol. The van der Waals surface area contributed by atoms with Crippen molar-refractivity contribution in [3.05, 3.63) is 71.8 Å². The predicted molar refractivity (Wildman–Crippen MR) is 105 cm³/mol. The van der Waals surface area contributed by atoms with Gasteiger partial charge in [-0.25, -0.2) is 4.79 Å². The third-order valence-electron chi connectivity index (χ3n) is 5.38. The minimum atomic E-state index is -1.49. The number of thioether (sulfide) groups is 1. The monoisotopic (exact) mass is 382 g/mol. The van der Waals surface area contributed by atoms with E-state index in [-0.39, 0.29) is 11.3 Å². The van der Waals surface area contributed by atoms with Crippen LogP contribution in [0.1, 0.15) is 37.5 Å². The highest BCUT2D eigenvalue weighted by Gasteiger charge is 2.68. The van der Waals surface area contributed by atoms with Crippen molar-refractivity contribution in [1.29, 1.82) is 0 Å². The quantitative estimate of drug-likeness (QED) is 0.650. The van der Waals surface area contributed by atoms with E-state index in [9.17, 15) is 9.59 Å². The van der Waals surface area contributed by atoms with Crippen LogP contribution in [0, 0.1) is 0 Å². The van der Waals surface area contributed by atoms with Crippen molar-refractivity contribution in [3.8, 4) is 0 Å². The third-order valence-corrected chi connectivity index (χ3v) is 6.93. The first-order valence-corrected chi connectivity index (χ1v) is 9.82. The molecule has 0 spiro atoms. The minimum Gasteiger partial charge on any atom is -0.450 e. The number of fused-ring (bicyclic) bond motifs is 1. The molecule has 2 saturated heterocycles. The highest BCUT2D eigenvalue weighted by Crippen LogP contribution is 2.55. The fraction of sp³-hybridized carbons (Fsp3) is 0.333. The van der Waals surface area contributed by atoms with Crippen LogP contribution in [-0.2, 0) is 14.3 Å². The lowest BCUT2D eigenvalue weighted by Crippen LogP contribution is -2.72. The Labute approximate surface area is 162 Å². The number of esters is 1. The smallest absolute Gasteiger partial charge is 0.349 e. The molecule has 2 heterocycles. The Morgan fingerprint density at radius 1 is 1.11 bits per heavy atom. The largest absolute Gasteiger partial charge is 0.450 e. The number of nitrogens with zero attached hydrogens (tertiary/aromatic N) is 1. The summed E-state index contributed by atoms with van der Waals surface area (Å²) < 4.78 is 5.33. The summed E-state index contributed by atoms with van der Waals surface area (Å²) >= 11 is 1.55. The highest BCUT2D eigenvalue weighted by atomic mass is 32.2. The van der Waals surface area contributed by atoms with E-state index in [1.54, 1.807) is 11.8 Å². The summed E-state index contributed by atoms with van der Waals surface area (Å²) in [5, 5.41) is -0.0584. The van der Waals surface area contributed by atoms with Gasteiger partial charge >= 0.3 is 5.97 Å². The predicted octanol–water partition coefficient (Wildman–Crippen LogP) is 3.06. The topological polar surface area (TPSA) is 72.6 Å². The van der Waals surface area contributed by atoms with Gasteiger partial charge in [0.25, 0.3) is 0 Å². The van der Waals surface area contributed by atoms with Crippen LogP contribution >= 0.6 is 11.8 Å². The lowest BCUT2D eigenvalue weighted by atomic mass is 9.90. The Kier molecular flexibility index (Phi) is 4.28. The summed E-state index contributed by atoms with van der Waals surface area (Å²) in [7, 11) is 0. The fourth-order valence-corrected chi connectivity index (χ4v) is 5.41. The second-order valence-electron chi connectivity index (χ2n) is 7.42. The molecular formula is C21H22N2O3S. The summed E-state index contributed by atoms with van der Waals surface area (Å²) in [6.07, 6.45) is -0.169. The molecule has 2 N–H and O–H groups in total. The number of carbonyl (C=O) groups is 2. The number of amides is 1. The van der Waals surface area contributed by atoms with Gasteiger partial charge in [0.15, 0.2) is 6.10 Å². The normalized spacial score (nSPS) is 25.9. The molecule has 6 heteroatoms. The van der Waals surface area contributed by atoms with Crippen LogP contribution in [-0.4, -0.2) is 32.6 Å². The Balaban J connectivity index is 1.69. The second kappa shape index (κ2) is 6.39. The van der Waals surface area contributed by atoms with Crippen molar-refractivity contribution in [2.75, 3.05) is 0 Å². The number of β-lactam (4-membered cyclic amide) rings is 1. The van der Waals surface area contributed by atoms with Gasteiger partial charge in [0.05, 0.1) is 16.5 Å². The Hall–Kier alpha value is -2.31. The number of hydrogen-bond donors (Lipinski definition) is 1.